The van der Waals surface area contributed by atoms with Crippen LogP contribution < -0.4 is 5.73 Å². The normalized spacial score (nSPS) is 12.6. The van der Waals surface area contributed by atoms with Gasteiger partial charge in [-0.15, -0.1) is 0 Å². The minimum Gasteiger partial charge on any atom is -0.329 e. The molecule has 19 heavy (non-hydrogen) atoms. The van der Waals surface area contributed by atoms with E-state index in [0.29, 0.717) is 24.5 Å². The first-order valence-electron chi connectivity index (χ1n) is 6.63. The summed E-state index contributed by atoms with van der Waals surface area (Å²) < 4.78 is 27.1. The van der Waals surface area contributed by atoms with Crippen LogP contribution in [0.25, 0.3) is 0 Å². The zero-order chi connectivity index (χ0) is 14.6. The number of rotatable bonds is 7. The minimum absolute atomic E-state index is 0.0257. The SMILES string of the molecule is CCC(CC)N(CCN)S(=O)(=O)c1c(C)n[nH]c1C. The molecule has 110 valence electrons. The standard InChI is InChI=1S/C12H24N4O2S/c1-5-11(6-2)16(8-7-13)19(17,18)12-9(3)14-15-10(12)4/h11H,5-8,13H2,1-4H3,(H,14,15). The van der Waals surface area contributed by atoms with Gasteiger partial charge >= 0.3 is 0 Å². The van der Waals surface area contributed by atoms with Crippen LogP contribution in [0.15, 0.2) is 4.90 Å². The Balaban J connectivity index is 3.28. The molecule has 1 aromatic heterocycles. The minimum atomic E-state index is -3.55. The maximum Gasteiger partial charge on any atom is 0.247 e. The summed E-state index contributed by atoms with van der Waals surface area (Å²) in [5, 5.41) is 6.70. The summed E-state index contributed by atoms with van der Waals surface area (Å²) in [6.07, 6.45) is 1.54. The second-order valence-electron chi connectivity index (χ2n) is 4.64. The Kier molecular flexibility index (Phi) is 5.51. The number of nitrogens with one attached hydrogen (secondary N) is 1. The van der Waals surface area contributed by atoms with E-state index in [2.05, 4.69) is 10.2 Å². The van der Waals surface area contributed by atoms with Crippen molar-refractivity contribution in [2.24, 2.45) is 5.73 Å². The molecule has 0 amide bonds. The number of aryl methyl sites for hydroxylation is 2. The van der Waals surface area contributed by atoms with Crippen molar-refractivity contribution in [1.82, 2.24) is 14.5 Å². The molecule has 0 spiro atoms. The first kappa shape index (κ1) is 16.1. The number of hydrogen-bond donors (Lipinski definition) is 2. The smallest absolute Gasteiger partial charge is 0.247 e. The van der Waals surface area contributed by atoms with Crippen LogP contribution in [0.1, 0.15) is 38.1 Å². The van der Waals surface area contributed by atoms with Crippen LogP contribution in [-0.2, 0) is 10.0 Å². The lowest BCUT2D eigenvalue weighted by molar-refractivity contribution is 0.309. The average molecular weight is 288 g/mol. The lowest BCUT2D eigenvalue weighted by atomic mass is 10.2. The van der Waals surface area contributed by atoms with Crippen LogP contribution >= 0.6 is 0 Å². The highest BCUT2D eigenvalue weighted by atomic mass is 32.2. The first-order chi connectivity index (χ1) is 8.89. The zero-order valence-electron chi connectivity index (χ0n) is 12.1. The molecule has 1 rings (SSSR count). The lowest BCUT2D eigenvalue weighted by Crippen LogP contribution is -2.43. The predicted molar refractivity (Wildman–Crippen MR) is 75.4 cm³/mol. The predicted octanol–water partition coefficient (Wildman–Crippen LogP) is 1.16. The third-order valence-electron chi connectivity index (χ3n) is 3.33. The maximum absolute atomic E-state index is 12.8. The molecule has 0 bridgehead atoms. The van der Waals surface area contributed by atoms with E-state index < -0.39 is 10.0 Å². The molecule has 0 saturated heterocycles. The Labute approximate surface area is 115 Å². The molecular weight excluding hydrogens is 264 g/mol. The van der Waals surface area contributed by atoms with Crippen molar-refractivity contribution in [1.29, 1.82) is 0 Å². The third kappa shape index (κ3) is 3.16. The van der Waals surface area contributed by atoms with E-state index in [1.807, 2.05) is 13.8 Å². The van der Waals surface area contributed by atoms with E-state index in [0.717, 1.165) is 12.8 Å². The first-order valence-corrected chi connectivity index (χ1v) is 8.07. The molecule has 0 radical (unpaired) electrons. The number of sulfonamides is 1. The molecule has 1 heterocycles. The number of nitrogens with two attached hydrogens (primary N) is 1. The van der Waals surface area contributed by atoms with Gasteiger partial charge in [0.25, 0.3) is 0 Å². The van der Waals surface area contributed by atoms with E-state index >= 15 is 0 Å². The lowest BCUT2D eigenvalue weighted by Gasteiger charge is -2.29. The highest BCUT2D eigenvalue weighted by Gasteiger charge is 2.32. The van der Waals surface area contributed by atoms with Crippen molar-refractivity contribution in [3.05, 3.63) is 11.4 Å². The highest BCUT2D eigenvalue weighted by Crippen LogP contribution is 2.24. The van der Waals surface area contributed by atoms with Crippen LogP contribution in [0, 0.1) is 13.8 Å². The summed E-state index contributed by atoms with van der Waals surface area (Å²) in [5.41, 5.74) is 6.65. The summed E-state index contributed by atoms with van der Waals surface area (Å²) in [4.78, 5) is 0.285. The molecule has 6 nitrogen and oxygen atoms in total. The van der Waals surface area contributed by atoms with Gasteiger partial charge < -0.3 is 5.73 Å². The Morgan fingerprint density at radius 3 is 2.26 bits per heavy atom. The van der Waals surface area contributed by atoms with E-state index in [4.69, 9.17) is 5.73 Å². The van der Waals surface area contributed by atoms with Gasteiger partial charge in [-0.2, -0.15) is 9.40 Å². The second kappa shape index (κ2) is 6.49. The number of H-pyrrole nitrogens is 1. The average Bonchev–Trinajstić information content (AvgIpc) is 2.69. The van der Waals surface area contributed by atoms with Gasteiger partial charge in [-0.3, -0.25) is 5.10 Å². The number of nitrogens with zero attached hydrogens (tertiary/aromatic N) is 2. The fourth-order valence-electron chi connectivity index (χ4n) is 2.36. The van der Waals surface area contributed by atoms with Crippen molar-refractivity contribution in [3.63, 3.8) is 0 Å². The second-order valence-corrected chi connectivity index (χ2v) is 6.47. The van der Waals surface area contributed by atoms with Gasteiger partial charge in [0.1, 0.15) is 4.90 Å². The molecule has 0 aliphatic heterocycles. The summed E-state index contributed by atoms with van der Waals surface area (Å²) >= 11 is 0. The largest absolute Gasteiger partial charge is 0.329 e. The number of aromatic amines is 1. The van der Waals surface area contributed by atoms with Crippen LogP contribution in [0.4, 0.5) is 0 Å². The van der Waals surface area contributed by atoms with Gasteiger partial charge in [-0.05, 0) is 26.7 Å². The van der Waals surface area contributed by atoms with Crippen molar-refractivity contribution >= 4 is 10.0 Å². The van der Waals surface area contributed by atoms with Gasteiger partial charge in [-0.1, -0.05) is 13.8 Å². The van der Waals surface area contributed by atoms with Crippen molar-refractivity contribution < 1.29 is 8.42 Å². The van der Waals surface area contributed by atoms with Crippen LogP contribution in [0.5, 0.6) is 0 Å². The van der Waals surface area contributed by atoms with E-state index in [-0.39, 0.29) is 10.9 Å². The van der Waals surface area contributed by atoms with Crippen LogP contribution in [0.2, 0.25) is 0 Å². The van der Waals surface area contributed by atoms with Gasteiger partial charge in [0, 0.05) is 19.1 Å². The van der Waals surface area contributed by atoms with Gasteiger partial charge in [-0.25, -0.2) is 8.42 Å². The Hall–Kier alpha value is -0.920. The summed E-state index contributed by atoms with van der Waals surface area (Å²) in [5.74, 6) is 0. The summed E-state index contributed by atoms with van der Waals surface area (Å²) in [6, 6.07) is -0.0257. The molecule has 0 unspecified atom stereocenters. The molecule has 1 aromatic rings. The van der Waals surface area contributed by atoms with Gasteiger partial charge in [0.15, 0.2) is 0 Å². The van der Waals surface area contributed by atoms with Crippen LogP contribution in [0.3, 0.4) is 0 Å². The van der Waals surface area contributed by atoms with E-state index in [1.54, 1.807) is 13.8 Å². The Morgan fingerprint density at radius 1 is 1.32 bits per heavy atom. The van der Waals surface area contributed by atoms with Crippen molar-refractivity contribution in [2.75, 3.05) is 13.1 Å². The van der Waals surface area contributed by atoms with Crippen LogP contribution in [-0.4, -0.2) is 42.1 Å². The molecule has 3 N–H and O–H groups in total. The zero-order valence-corrected chi connectivity index (χ0v) is 12.9. The fourth-order valence-corrected chi connectivity index (χ4v) is 4.48. The Bertz CT molecular complexity index is 486. The molecule has 0 atom stereocenters. The monoisotopic (exact) mass is 288 g/mol. The quantitative estimate of drug-likeness (QED) is 0.787. The molecule has 0 aliphatic rings. The summed E-state index contributed by atoms with van der Waals surface area (Å²) in [6.45, 7) is 8.04. The molecule has 7 heteroatoms. The molecule has 0 fully saturated rings. The third-order valence-corrected chi connectivity index (χ3v) is 5.54. The summed E-state index contributed by atoms with van der Waals surface area (Å²) in [7, 11) is -3.55. The van der Waals surface area contributed by atoms with E-state index in [9.17, 15) is 8.42 Å². The Morgan fingerprint density at radius 2 is 1.89 bits per heavy atom. The van der Waals surface area contributed by atoms with Gasteiger partial charge in [0.2, 0.25) is 10.0 Å². The van der Waals surface area contributed by atoms with Crippen molar-refractivity contribution in [2.45, 2.75) is 51.5 Å². The number of hydrogen-bond acceptors (Lipinski definition) is 4. The molecular formula is C12H24N4O2S. The van der Waals surface area contributed by atoms with Crippen molar-refractivity contribution in [3.8, 4) is 0 Å². The molecule has 0 aliphatic carbocycles. The topological polar surface area (TPSA) is 92.1 Å². The fraction of sp³-hybridized carbons (Fsp3) is 0.750. The van der Waals surface area contributed by atoms with Gasteiger partial charge in [0.05, 0.1) is 11.4 Å². The molecule has 0 aromatic carbocycles. The maximum atomic E-state index is 12.8. The number of aromatic nitrogens is 2. The van der Waals surface area contributed by atoms with E-state index in [1.165, 1.54) is 4.31 Å². The highest BCUT2D eigenvalue weighted by molar-refractivity contribution is 7.89. The molecule has 0 saturated carbocycles.